The second-order valence-corrected chi connectivity index (χ2v) is 5.23. The summed E-state index contributed by atoms with van der Waals surface area (Å²) in [6.07, 6.45) is 0.614. The fraction of sp³-hybridized carbons (Fsp3) is 0.533. The highest BCUT2D eigenvalue weighted by Gasteiger charge is 2.23. The topological polar surface area (TPSA) is 32.8 Å². The first-order valence-corrected chi connectivity index (χ1v) is 6.71. The van der Waals surface area contributed by atoms with E-state index in [9.17, 15) is 4.79 Å². The van der Waals surface area contributed by atoms with Crippen molar-refractivity contribution in [1.82, 2.24) is 9.80 Å². The number of Topliss-reactive ketones (excluding diaryl/α,β-unsaturated/α-hetero) is 1. The minimum absolute atomic E-state index is 0.0956. The number of benzene rings is 1. The molecule has 1 aromatic rings. The Bertz CT molecular complexity index is 406. The summed E-state index contributed by atoms with van der Waals surface area (Å²) in [5.74, 6) is 0.269. The van der Waals surface area contributed by atoms with Crippen molar-refractivity contribution < 1.29 is 9.53 Å². The van der Waals surface area contributed by atoms with Gasteiger partial charge in [0.25, 0.3) is 0 Å². The summed E-state index contributed by atoms with van der Waals surface area (Å²) in [5, 5.41) is 0. The van der Waals surface area contributed by atoms with Crippen LogP contribution in [0.2, 0.25) is 0 Å². The van der Waals surface area contributed by atoms with Gasteiger partial charge in [-0.15, -0.1) is 0 Å². The van der Waals surface area contributed by atoms with Gasteiger partial charge >= 0.3 is 0 Å². The van der Waals surface area contributed by atoms with Crippen LogP contribution in [0.3, 0.4) is 0 Å². The molecule has 0 radical (unpaired) electrons. The van der Waals surface area contributed by atoms with E-state index < -0.39 is 0 Å². The SMILES string of the molecule is CN(C)C1CN(CC(=O)Cc2ccccc2)CCO1. The van der Waals surface area contributed by atoms with Gasteiger partial charge in [0.1, 0.15) is 6.23 Å². The Balaban J connectivity index is 1.82. The maximum Gasteiger partial charge on any atom is 0.151 e. The number of carbonyl (C=O) groups excluding carboxylic acids is 1. The number of ether oxygens (including phenoxy) is 1. The lowest BCUT2D eigenvalue weighted by molar-refractivity contribution is -0.125. The molecule has 1 unspecified atom stereocenters. The van der Waals surface area contributed by atoms with Gasteiger partial charge in [-0.2, -0.15) is 0 Å². The molecule has 0 amide bonds. The Kier molecular flexibility index (Phi) is 5.07. The van der Waals surface area contributed by atoms with E-state index in [1.807, 2.05) is 49.3 Å². The summed E-state index contributed by atoms with van der Waals surface area (Å²) in [6, 6.07) is 9.91. The first kappa shape index (κ1) is 14.2. The zero-order chi connectivity index (χ0) is 13.7. The lowest BCUT2D eigenvalue weighted by atomic mass is 10.1. The number of hydrogen-bond donors (Lipinski definition) is 0. The number of nitrogens with zero attached hydrogens (tertiary/aromatic N) is 2. The normalized spacial score (nSPS) is 20.7. The monoisotopic (exact) mass is 262 g/mol. The highest BCUT2D eigenvalue weighted by atomic mass is 16.5. The van der Waals surface area contributed by atoms with Gasteiger partial charge < -0.3 is 4.74 Å². The number of likely N-dealkylation sites (N-methyl/N-ethyl adjacent to an activating group) is 1. The minimum atomic E-state index is 0.0956. The minimum Gasteiger partial charge on any atom is -0.360 e. The number of carbonyl (C=O) groups is 1. The lowest BCUT2D eigenvalue weighted by Crippen LogP contribution is -2.50. The second kappa shape index (κ2) is 6.80. The first-order valence-electron chi connectivity index (χ1n) is 6.71. The van der Waals surface area contributed by atoms with Crippen LogP contribution in [0.15, 0.2) is 30.3 Å². The molecule has 1 aliphatic heterocycles. The van der Waals surface area contributed by atoms with Crippen molar-refractivity contribution >= 4 is 5.78 Å². The van der Waals surface area contributed by atoms with Crippen molar-refractivity contribution in [3.63, 3.8) is 0 Å². The third kappa shape index (κ3) is 4.42. The third-order valence-electron chi connectivity index (χ3n) is 3.35. The molecule has 4 nitrogen and oxygen atoms in total. The average Bonchev–Trinajstić information content (AvgIpc) is 2.40. The zero-order valence-electron chi connectivity index (χ0n) is 11.7. The molecule has 4 heteroatoms. The van der Waals surface area contributed by atoms with Gasteiger partial charge in [-0.3, -0.25) is 14.6 Å². The van der Waals surface area contributed by atoms with E-state index in [0.29, 0.717) is 19.6 Å². The zero-order valence-corrected chi connectivity index (χ0v) is 11.7. The van der Waals surface area contributed by atoms with E-state index in [2.05, 4.69) is 4.90 Å². The molecule has 104 valence electrons. The van der Waals surface area contributed by atoms with Crippen LogP contribution in [0.1, 0.15) is 5.56 Å². The number of hydrogen-bond acceptors (Lipinski definition) is 4. The van der Waals surface area contributed by atoms with Crippen molar-refractivity contribution in [2.24, 2.45) is 0 Å². The predicted octanol–water partition coefficient (Wildman–Crippen LogP) is 1.02. The second-order valence-electron chi connectivity index (χ2n) is 5.23. The summed E-state index contributed by atoms with van der Waals surface area (Å²) in [7, 11) is 4.00. The van der Waals surface area contributed by atoms with E-state index in [1.54, 1.807) is 0 Å². The largest absolute Gasteiger partial charge is 0.360 e. The van der Waals surface area contributed by atoms with Crippen LogP contribution in [-0.4, -0.2) is 62.1 Å². The van der Waals surface area contributed by atoms with Crippen molar-refractivity contribution in [3.05, 3.63) is 35.9 Å². The Labute approximate surface area is 115 Å². The van der Waals surface area contributed by atoms with E-state index in [-0.39, 0.29) is 12.0 Å². The molecule has 0 aromatic heterocycles. The molecule has 1 heterocycles. The van der Waals surface area contributed by atoms with Gasteiger partial charge in [0, 0.05) is 19.5 Å². The molecule has 19 heavy (non-hydrogen) atoms. The average molecular weight is 262 g/mol. The Hall–Kier alpha value is -1.23. The van der Waals surface area contributed by atoms with Gasteiger partial charge in [-0.1, -0.05) is 30.3 Å². The van der Waals surface area contributed by atoms with Crippen LogP contribution >= 0.6 is 0 Å². The summed E-state index contributed by atoms with van der Waals surface area (Å²) < 4.78 is 5.64. The standard InChI is InChI=1S/C15H22N2O2/c1-16(2)15-12-17(8-9-19-15)11-14(18)10-13-6-4-3-5-7-13/h3-7,15H,8-12H2,1-2H3. The quantitative estimate of drug-likeness (QED) is 0.793. The molecule has 1 fully saturated rings. The third-order valence-corrected chi connectivity index (χ3v) is 3.35. The Morgan fingerprint density at radius 2 is 2.11 bits per heavy atom. The van der Waals surface area contributed by atoms with Gasteiger partial charge in [-0.05, 0) is 19.7 Å². The molecule has 0 spiro atoms. The molecule has 0 bridgehead atoms. The van der Waals surface area contributed by atoms with Crippen molar-refractivity contribution in [1.29, 1.82) is 0 Å². The van der Waals surface area contributed by atoms with Crippen LogP contribution < -0.4 is 0 Å². The highest BCUT2D eigenvalue weighted by molar-refractivity contribution is 5.82. The predicted molar refractivity (Wildman–Crippen MR) is 75.0 cm³/mol. The molecule has 1 atom stereocenters. The molecule has 0 saturated carbocycles. The molecule has 2 rings (SSSR count). The molecular formula is C15H22N2O2. The van der Waals surface area contributed by atoms with Crippen molar-refractivity contribution in [3.8, 4) is 0 Å². The molecule has 0 aliphatic carbocycles. The van der Waals surface area contributed by atoms with E-state index in [4.69, 9.17) is 4.74 Å². The highest BCUT2D eigenvalue weighted by Crippen LogP contribution is 2.08. The van der Waals surface area contributed by atoms with Crippen molar-refractivity contribution in [2.45, 2.75) is 12.6 Å². The van der Waals surface area contributed by atoms with Gasteiger partial charge in [0.15, 0.2) is 5.78 Å². The molecular weight excluding hydrogens is 240 g/mol. The number of rotatable bonds is 5. The first-order chi connectivity index (χ1) is 9.15. The number of morpholine rings is 1. The maximum absolute atomic E-state index is 12.1. The molecule has 1 saturated heterocycles. The summed E-state index contributed by atoms with van der Waals surface area (Å²) in [6.45, 7) is 2.85. The Morgan fingerprint density at radius 1 is 1.37 bits per heavy atom. The van der Waals surface area contributed by atoms with Crippen LogP contribution in [0, 0.1) is 0 Å². The van der Waals surface area contributed by atoms with Crippen molar-refractivity contribution in [2.75, 3.05) is 40.3 Å². The fourth-order valence-electron chi connectivity index (χ4n) is 2.27. The van der Waals surface area contributed by atoms with E-state index in [1.165, 1.54) is 0 Å². The Morgan fingerprint density at radius 3 is 2.79 bits per heavy atom. The molecule has 1 aliphatic rings. The summed E-state index contributed by atoms with van der Waals surface area (Å²) >= 11 is 0. The van der Waals surface area contributed by atoms with Gasteiger partial charge in [0.2, 0.25) is 0 Å². The summed E-state index contributed by atoms with van der Waals surface area (Å²) in [4.78, 5) is 16.3. The van der Waals surface area contributed by atoms with E-state index >= 15 is 0 Å². The van der Waals surface area contributed by atoms with Gasteiger partial charge in [0.05, 0.1) is 13.2 Å². The fourth-order valence-corrected chi connectivity index (χ4v) is 2.27. The van der Waals surface area contributed by atoms with Crippen LogP contribution in [0.25, 0.3) is 0 Å². The lowest BCUT2D eigenvalue weighted by Gasteiger charge is -2.35. The smallest absolute Gasteiger partial charge is 0.151 e. The molecule has 1 aromatic carbocycles. The van der Waals surface area contributed by atoms with Gasteiger partial charge in [-0.25, -0.2) is 0 Å². The van der Waals surface area contributed by atoms with Crippen LogP contribution in [0.4, 0.5) is 0 Å². The van der Waals surface area contributed by atoms with Crippen LogP contribution in [0.5, 0.6) is 0 Å². The number of ketones is 1. The molecule has 0 N–H and O–H groups in total. The van der Waals surface area contributed by atoms with E-state index in [0.717, 1.165) is 18.7 Å². The summed E-state index contributed by atoms with van der Waals surface area (Å²) in [5.41, 5.74) is 1.09. The van der Waals surface area contributed by atoms with Crippen LogP contribution in [-0.2, 0) is 16.0 Å². The maximum atomic E-state index is 12.1.